The van der Waals surface area contributed by atoms with Gasteiger partial charge in [-0.2, -0.15) is 4.98 Å². The Balaban J connectivity index is 2.10. The predicted molar refractivity (Wildman–Crippen MR) is 75.9 cm³/mol. The monoisotopic (exact) mass is 276 g/mol. The normalized spacial score (nSPS) is 10.6. The van der Waals surface area contributed by atoms with Crippen molar-refractivity contribution in [1.29, 1.82) is 0 Å². The lowest BCUT2D eigenvalue weighted by atomic mass is 10.2. The molecule has 5 nitrogen and oxygen atoms in total. The van der Waals surface area contributed by atoms with Crippen molar-refractivity contribution in [2.24, 2.45) is 0 Å². The summed E-state index contributed by atoms with van der Waals surface area (Å²) in [6, 6.07) is 6.33. The van der Waals surface area contributed by atoms with E-state index in [1.165, 1.54) is 18.5 Å². The van der Waals surface area contributed by atoms with Crippen LogP contribution in [-0.4, -0.2) is 16.1 Å². The zero-order chi connectivity index (χ0) is 14.5. The van der Waals surface area contributed by atoms with Gasteiger partial charge in [0.15, 0.2) is 5.82 Å². The smallest absolute Gasteiger partial charge is 0.242 e. The number of halogens is 1. The number of nitrogens with zero attached hydrogens (tertiary/aromatic N) is 2. The number of anilines is 2. The van der Waals surface area contributed by atoms with Gasteiger partial charge >= 0.3 is 0 Å². The van der Waals surface area contributed by atoms with Gasteiger partial charge in [-0.15, -0.1) is 0 Å². The first kappa shape index (κ1) is 14.0. The third-order valence-electron chi connectivity index (χ3n) is 2.54. The number of hydrogen-bond donors (Lipinski definition) is 2. The molecule has 20 heavy (non-hydrogen) atoms. The highest BCUT2D eigenvalue weighted by Gasteiger charge is 2.10. The molecule has 2 rings (SSSR count). The van der Waals surface area contributed by atoms with Crippen molar-refractivity contribution in [2.75, 3.05) is 11.1 Å². The Morgan fingerprint density at radius 2 is 2.15 bits per heavy atom. The molecule has 1 aromatic heterocycles. The van der Waals surface area contributed by atoms with Gasteiger partial charge in [-0.3, -0.25) is 0 Å². The van der Waals surface area contributed by atoms with E-state index in [1.54, 1.807) is 6.07 Å². The van der Waals surface area contributed by atoms with Gasteiger partial charge in [-0.1, -0.05) is 12.1 Å². The largest absolute Gasteiger partial charge is 0.473 e. The highest BCUT2D eigenvalue weighted by atomic mass is 19.1. The molecule has 3 N–H and O–H groups in total. The maximum Gasteiger partial charge on any atom is 0.242 e. The predicted octanol–water partition coefficient (Wildman–Crippen LogP) is 2.60. The van der Waals surface area contributed by atoms with E-state index in [0.717, 1.165) is 5.56 Å². The van der Waals surface area contributed by atoms with Gasteiger partial charge in [-0.05, 0) is 31.5 Å². The molecule has 0 atom stereocenters. The fraction of sp³-hybridized carbons (Fsp3) is 0.286. The zero-order valence-corrected chi connectivity index (χ0v) is 11.4. The molecule has 0 fully saturated rings. The van der Waals surface area contributed by atoms with E-state index in [1.807, 2.05) is 19.9 Å². The summed E-state index contributed by atoms with van der Waals surface area (Å²) in [4.78, 5) is 8.05. The van der Waals surface area contributed by atoms with Crippen molar-refractivity contribution in [3.8, 4) is 5.88 Å². The second-order valence-electron chi connectivity index (χ2n) is 4.59. The van der Waals surface area contributed by atoms with Crippen molar-refractivity contribution in [3.63, 3.8) is 0 Å². The molecular formula is C14H17FN4O. The summed E-state index contributed by atoms with van der Waals surface area (Å²) in [5, 5.41) is 3.05. The minimum Gasteiger partial charge on any atom is -0.473 e. The first-order chi connectivity index (χ1) is 9.56. The van der Waals surface area contributed by atoms with E-state index >= 15 is 0 Å². The standard InChI is InChI=1S/C14H17FN4O/c1-9(2)20-14-12(16)13(18-8-19-14)17-7-10-4-3-5-11(15)6-10/h3-6,8-9H,7,16H2,1-2H3,(H,17,18,19). The van der Waals surface area contributed by atoms with Gasteiger partial charge in [0.05, 0.1) is 6.10 Å². The Labute approximate surface area is 117 Å². The van der Waals surface area contributed by atoms with Crippen LogP contribution in [0.15, 0.2) is 30.6 Å². The van der Waals surface area contributed by atoms with Crippen LogP contribution in [0.3, 0.4) is 0 Å². The van der Waals surface area contributed by atoms with Gasteiger partial charge in [0, 0.05) is 6.54 Å². The van der Waals surface area contributed by atoms with E-state index in [2.05, 4.69) is 15.3 Å². The molecule has 0 saturated carbocycles. The lowest BCUT2D eigenvalue weighted by Crippen LogP contribution is -2.12. The van der Waals surface area contributed by atoms with E-state index < -0.39 is 0 Å². The summed E-state index contributed by atoms with van der Waals surface area (Å²) in [6.07, 6.45) is 1.35. The van der Waals surface area contributed by atoms with E-state index in [0.29, 0.717) is 23.9 Å². The Morgan fingerprint density at radius 3 is 2.85 bits per heavy atom. The van der Waals surface area contributed by atoms with Crippen LogP contribution in [0, 0.1) is 5.82 Å². The molecular weight excluding hydrogens is 259 g/mol. The SMILES string of the molecule is CC(C)Oc1ncnc(NCc2cccc(F)c2)c1N. The summed E-state index contributed by atoms with van der Waals surface area (Å²) in [6.45, 7) is 4.20. The number of nitrogen functional groups attached to an aromatic ring is 1. The molecule has 0 radical (unpaired) electrons. The molecule has 1 aromatic carbocycles. The molecule has 106 valence electrons. The topological polar surface area (TPSA) is 73.1 Å². The van der Waals surface area contributed by atoms with Crippen LogP contribution in [0.4, 0.5) is 15.9 Å². The Morgan fingerprint density at radius 1 is 1.35 bits per heavy atom. The summed E-state index contributed by atoms with van der Waals surface area (Å²) >= 11 is 0. The van der Waals surface area contributed by atoms with E-state index in [9.17, 15) is 4.39 Å². The van der Waals surface area contributed by atoms with Crippen LogP contribution in [0.25, 0.3) is 0 Å². The van der Waals surface area contributed by atoms with Crippen molar-refractivity contribution >= 4 is 11.5 Å². The number of rotatable bonds is 5. The van der Waals surface area contributed by atoms with Crippen LogP contribution in [-0.2, 0) is 6.54 Å². The summed E-state index contributed by atoms with van der Waals surface area (Å²) < 4.78 is 18.6. The minimum atomic E-state index is -0.274. The summed E-state index contributed by atoms with van der Waals surface area (Å²) in [7, 11) is 0. The molecule has 0 unspecified atom stereocenters. The highest BCUT2D eigenvalue weighted by Crippen LogP contribution is 2.25. The maximum absolute atomic E-state index is 13.1. The van der Waals surface area contributed by atoms with Crippen molar-refractivity contribution in [1.82, 2.24) is 9.97 Å². The van der Waals surface area contributed by atoms with E-state index in [4.69, 9.17) is 10.5 Å². The fourth-order valence-corrected chi connectivity index (χ4v) is 1.67. The lowest BCUT2D eigenvalue weighted by Gasteiger charge is -2.13. The third kappa shape index (κ3) is 3.57. The lowest BCUT2D eigenvalue weighted by molar-refractivity contribution is 0.234. The van der Waals surface area contributed by atoms with Gasteiger partial charge in [-0.25, -0.2) is 9.37 Å². The van der Waals surface area contributed by atoms with Gasteiger partial charge in [0.2, 0.25) is 5.88 Å². The Kier molecular flexibility index (Phi) is 4.34. The van der Waals surface area contributed by atoms with Crippen LogP contribution in [0.1, 0.15) is 19.4 Å². The number of benzene rings is 1. The van der Waals surface area contributed by atoms with Gasteiger partial charge in [0.1, 0.15) is 17.8 Å². The van der Waals surface area contributed by atoms with Crippen molar-refractivity contribution < 1.29 is 9.13 Å². The maximum atomic E-state index is 13.1. The van der Waals surface area contributed by atoms with Crippen LogP contribution in [0.2, 0.25) is 0 Å². The third-order valence-corrected chi connectivity index (χ3v) is 2.54. The van der Waals surface area contributed by atoms with Crippen LogP contribution in [0.5, 0.6) is 5.88 Å². The Hall–Kier alpha value is -2.37. The number of nitrogens with two attached hydrogens (primary N) is 1. The first-order valence-electron chi connectivity index (χ1n) is 6.31. The molecule has 0 aliphatic heterocycles. The zero-order valence-electron chi connectivity index (χ0n) is 11.4. The quantitative estimate of drug-likeness (QED) is 0.878. The summed E-state index contributed by atoms with van der Waals surface area (Å²) in [5.41, 5.74) is 7.08. The number of aromatic nitrogens is 2. The molecule has 0 bridgehead atoms. The average Bonchev–Trinajstić information content (AvgIpc) is 2.39. The van der Waals surface area contributed by atoms with Crippen molar-refractivity contribution in [3.05, 3.63) is 42.0 Å². The van der Waals surface area contributed by atoms with Crippen LogP contribution >= 0.6 is 0 Å². The Bertz CT molecular complexity index is 589. The van der Waals surface area contributed by atoms with Crippen LogP contribution < -0.4 is 15.8 Å². The number of nitrogens with one attached hydrogen (secondary N) is 1. The molecule has 1 heterocycles. The molecule has 2 aromatic rings. The average molecular weight is 276 g/mol. The second-order valence-corrected chi connectivity index (χ2v) is 4.59. The van der Waals surface area contributed by atoms with E-state index in [-0.39, 0.29) is 11.9 Å². The molecule has 0 aliphatic rings. The number of hydrogen-bond acceptors (Lipinski definition) is 5. The second kappa shape index (κ2) is 6.18. The van der Waals surface area contributed by atoms with Gasteiger partial charge < -0.3 is 15.8 Å². The fourth-order valence-electron chi connectivity index (χ4n) is 1.67. The highest BCUT2D eigenvalue weighted by molar-refractivity contribution is 5.66. The molecule has 0 saturated heterocycles. The molecule has 0 amide bonds. The number of ether oxygens (including phenoxy) is 1. The van der Waals surface area contributed by atoms with Gasteiger partial charge in [0.25, 0.3) is 0 Å². The molecule has 0 aliphatic carbocycles. The first-order valence-corrected chi connectivity index (χ1v) is 6.31. The molecule has 0 spiro atoms. The van der Waals surface area contributed by atoms with Crippen molar-refractivity contribution in [2.45, 2.75) is 26.5 Å². The minimum absolute atomic E-state index is 0.0248. The molecule has 6 heteroatoms. The summed E-state index contributed by atoms with van der Waals surface area (Å²) in [5.74, 6) is 0.542.